The van der Waals surface area contributed by atoms with E-state index in [1.165, 1.54) is 38.0 Å². The van der Waals surface area contributed by atoms with E-state index in [2.05, 4.69) is 20.3 Å². The summed E-state index contributed by atoms with van der Waals surface area (Å²) in [5.74, 6) is -2.61. The van der Waals surface area contributed by atoms with Crippen molar-refractivity contribution in [3.8, 4) is 0 Å². The first-order valence-electron chi connectivity index (χ1n) is 43.5. The van der Waals surface area contributed by atoms with Crippen molar-refractivity contribution in [1.82, 2.24) is 24.8 Å². The fourth-order valence-electron chi connectivity index (χ4n) is 13.4. The molecule has 6 rings (SSSR count). The van der Waals surface area contributed by atoms with Crippen LogP contribution in [0.2, 0.25) is 0 Å². The Labute approximate surface area is 760 Å². The van der Waals surface area contributed by atoms with Crippen LogP contribution < -0.4 is 5.32 Å². The molecule has 0 radical (unpaired) electrons. The highest BCUT2D eigenvalue weighted by Crippen LogP contribution is 2.53. The minimum atomic E-state index is -5.19. The lowest BCUT2D eigenvalue weighted by molar-refractivity contribution is -0.282. The molecule has 0 aliphatic carbocycles. The second kappa shape index (κ2) is 60.2. The van der Waals surface area contributed by atoms with Crippen LogP contribution in [0.1, 0.15) is 149 Å². The van der Waals surface area contributed by atoms with Gasteiger partial charge >= 0.3 is 46.7 Å². The molecule has 4 aliphatic rings. The molecule has 51 nitrogen and oxygen atoms in total. The van der Waals surface area contributed by atoms with Gasteiger partial charge in [0, 0.05) is 70.7 Å². The van der Waals surface area contributed by atoms with Crippen molar-refractivity contribution in [2.24, 2.45) is 23.2 Å². The number of nitrogens with one attached hydrogen (secondary N) is 1. The number of aliphatic hydroxyl groups excluding tert-OH is 10. The van der Waals surface area contributed by atoms with E-state index in [9.17, 15) is 113 Å². The summed E-state index contributed by atoms with van der Waals surface area (Å²) in [4.78, 5) is 88.5. The summed E-state index contributed by atoms with van der Waals surface area (Å²) in [6.45, 7) is -0.458. The normalized spacial score (nSPS) is 28.6. The van der Waals surface area contributed by atoms with Gasteiger partial charge in [-0.2, -0.15) is 0 Å². The smallest absolute Gasteiger partial charge is 0.396 e. The molecular formula is C74H139N5O46P6. The van der Waals surface area contributed by atoms with Gasteiger partial charge in [0.25, 0.3) is 0 Å². The highest BCUT2D eigenvalue weighted by atomic mass is 31.2. The Morgan fingerprint density at radius 2 is 0.863 bits per heavy atom. The number of aliphatic hydroxyl groups is 10. The van der Waals surface area contributed by atoms with E-state index in [1.54, 1.807) is 20.8 Å². The van der Waals surface area contributed by atoms with Crippen molar-refractivity contribution in [3.63, 3.8) is 0 Å². The van der Waals surface area contributed by atoms with Crippen LogP contribution in [0.5, 0.6) is 0 Å². The molecule has 131 heavy (non-hydrogen) atoms. The van der Waals surface area contributed by atoms with E-state index >= 15 is 0 Å². The Kier molecular flexibility index (Phi) is 54.0. The number of hydrogen-bond acceptors (Lipinski definition) is 43. The number of unbranched alkanes of at least 4 members (excludes halogenated alkanes) is 9. The van der Waals surface area contributed by atoms with Gasteiger partial charge < -0.3 is 147 Å². The van der Waals surface area contributed by atoms with E-state index in [-0.39, 0.29) is 98.4 Å². The van der Waals surface area contributed by atoms with E-state index in [0.29, 0.717) is 93.9 Å². The average molecular weight is 2020 g/mol. The zero-order chi connectivity index (χ0) is 96.4. The number of aryl methyl sites for hydroxylation is 1. The zero-order valence-electron chi connectivity index (χ0n) is 74.6. The molecule has 0 bridgehead atoms. The Balaban J connectivity index is 1.03. The van der Waals surface area contributed by atoms with Crippen molar-refractivity contribution in [2.45, 2.75) is 248 Å². The number of hydrogen-bond donors (Lipinski definition) is 17. The molecule has 0 aromatic carbocycles. The predicted octanol–water partition coefficient (Wildman–Crippen LogP) is 2.66. The van der Waals surface area contributed by atoms with Crippen LogP contribution in [0, 0.1) is 30.1 Å². The van der Waals surface area contributed by atoms with Gasteiger partial charge in [0.2, 0.25) is 5.91 Å². The lowest BCUT2D eigenvalue weighted by Crippen LogP contribution is -2.64. The van der Waals surface area contributed by atoms with Gasteiger partial charge in [-0.05, 0) is 64.7 Å². The molecule has 13 unspecified atom stereocenters. The highest BCUT2D eigenvalue weighted by molar-refractivity contribution is 7.53. The minimum Gasteiger partial charge on any atom is -0.396 e. The molecule has 1 amide bonds. The molecule has 2 aromatic heterocycles. The summed E-state index contributed by atoms with van der Waals surface area (Å²) in [5, 5.41) is 103. The van der Waals surface area contributed by atoms with Crippen molar-refractivity contribution in [3.05, 3.63) is 18.3 Å². The number of ether oxygens (including phenoxy) is 12. The Morgan fingerprint density at radius 3 is 1.28 bits per heavy atom. The van der Waals surface area contributed by atoms with Gasteiger partial charge in [-0.1, -0.05) is 66.2 Å². The number of carbonyl (C=O) groups excluding carboxylic acids is 1. The topological polar surface area (TPSA) is 711 Å². The van der Waals surface area contributed by atoms with E-state index in [4.69, 9.17) is 107 Å². The van der Waals surface area contributed by atoms with Crippen LogP contribution in [0.25, 0.3) is 11.2 Å². The minimum absolute atomic E-state index is 0.0555. The quantitative estimate of drug-likeness (QED) is 0.0257. The molecule has 6 heterocycles. The molecule has 17 N–H and O–H groups in total. The summed E-state index contributed by atoms with van der Waals surface area (Å²) >= 11 is 0. The number of aromatic nitrogens is 4. The van der Waals surface area contributed by atoms with Gasteiger partial charge in [-0.15, -0.1) is 0 Å². The van der Waals surface area contributed by atoms with Crippen LogP contribution in [-0.4, -0.2) is 369 Å². The number of phosphoric acid groups is 5. The standard InChI is InChI=1S/C74H139N5O46P6/c1-50(2)126(91,92)117-41-60-56(34-61(121-60)79-47-77-62-53(5)75-46-76-70(62)79)125-131(101,102)120-49-107-40-55(35-80)39-106-48-119-130(99,100)118-45-74(42-103-22-19-31-114-127(93,94)111-28-16-10-7-13-25-108-71-51(3)64(85)66(87)57(36-81)122-71,43-104-23-20-32-115-128(95,96)112-29-17-11-8-14-26-109-72-52(4)65(86)67(88)58(37-82)123-72)44-105-24-21-33-116-129(97,98)113-30-18-12-9-15-27-110-73-63(78-54(6)84)69(90)68(89)59(38-83)124-73/h46-47,50-52,55-61,63-69,71-73,80-83,85-90H,7-45,48-49H2,1-6H3,(H,78,84)(H,91,92)(H,93,94)(H,95,96)(H,97,98)(H,99,100)(H,101,102)/t51?,52?,55?,56-,57?,58?,59?,60+,61+,63?,64+,65+,66-,67-,68-,69+,71+,72+,73+,74?/m0/s1. The molecule has 4 aliphatic heterocycles. The Bertz CT molecular complexity index is 3740. The molecule has 0 spiro atoms. The summed E-state index contributed by atoms with van der Waals surface area (Å²) in [5.41, 5.74) is -1.07. The second-order valence-corrected chi connectivity index (χ2v) is 41.9. The molecule has 25 atom stereocenters. The number of phosphoric ester groups is 5. The van der Waals surface area contributed by atoms with Crippen LogP contribution >= 0.6 is 46.7 Å². The fraction of sp³-hybridized carbons (Fsp3) is 0.919. The number of amides is 1. The maximum atomic E-state index is 13.8. The molecule has 2 aromatic rings. The van der Waals surface area contributed by atoms with Crippen molar-refractivity contribution < 1.29 is 219 Å². The number of imidazole rings is 1. The average Bonchev–Trinajstić information content (AvgIpc) is 1.63. The fourth-order valence-corrected chi connectivity index (χ4v) is 18.0. The first kappa shape index (κ1) is 118. The number of fused-ring (bicyclic) bond motifs is 1. The van der Waals surface area contributed by atoms with Crippen LogP contribution in [0.4, 0.5) is 0 Å². The monoisotopic (exact) mass is 2020 g/mol. The molecule has 4 fully saturated rings. The third-order valence-corrected chi connectivity index (χ3v) is 27.8. The zero-order valence-corrected chi connectivity index (χ0v) is 79.9. The van der Waals surface area contributed by atoms with Gasteiger partial charge in [0.15, 0.2) is 38.1 Å². The molecule has 0 saturated carbocycles. The third kappa shape index (κ3) is 42.7. The number of rotatable bonds is 73. The summed E-state index contributed by atoms with van der Waals surface area (Å²) in [6.07, 6.45) is -9.18. The molecular weight excluding hydrogens is 1880 g/mol. The van der Waals surface area contributed by atoms with E-state index < -0.39 is 273 Å². The van der Waals surface area contributed by atoms with Gasteiger partial charge in [0.05, 0.1) is 148 Å². The lowest BCUT2D eigenvalue weighted by atomic mass is 9.92. The third-order valence-electron chi connectivity index (χ3n) is 21.1. The summed E-state index contributed by atoms with van der Waals surface area (Å²) in [7, 11) is -28.3. The van der Waals surface area contributed by atoms with Crippen molar-refractivity contribution >= 4 is 63.8 Å². The van der Waals surface area contributed by atoms with Crippen LogP contribution in [0.3, 0.4) is 0 Å². The molecule has 4 saturated heterocycles. The number of carbonyl (C=O) groups is 1. The number of nitrogens with zero attached hydrogens (tertiary/aromatic N) is 4. The summed E-state index contributed by atoms with van der Waals surface area (Å²) < 4.78 is 207. The Morgan fingerprint density at radius 1 is 0.466 bits per heavy atom. The largest absolute Gasteiger partial charge is 0.474 e. The molecule has 766 valence electrons. The van der Waals surface area contributed by atoms with E-state index in [1.807, 2.05) is 0 Å². The first-order valence-corrected chi connectivity index (χ1v) is 52.6. The Hall–Kier alpha value is -2.16. The first-order chi connectivity index (χ1) is 62.1. The lowest BCUT2D eigenvalue weighted by Gasteiger charge is -2.42. The van der Waals surface area contributed by atoms with E-state index in [0.717, 1.165) is 0 Å². The van der Waals surface area contributed by atoms with Crippen molar-refractivity contribution in [2.75, 3.05) is 166 Å². The highest BCUT2D eigenvalue weighted by Gasteiger charge is 2.49. The maximum Gasteiger partial charge on any atom is 0.474 e. The SMILES string of the molecule is CC(=O)NC1[C@H](OCCCCCCOP(=O)(O)OCCCOCC(COCCCOP(=O)(O)OCCCCCCO[C@@H]2OC(CO)[C@H](O)[C@H](O)C2C)(COCCCOP(=O)(O)OCCCCCCO[C@@H]2OC(CO)[C@H](O)[C@H](O)C2C)COP(=O)(O)OCOCC(CO)COCOP(=O)(O)O[C@H]2C[C@H](n3cnc4c(C)ncnc43)O[C@@H]2COP(=O)(O)C(C)C)OC(CO)[C@H](O)[C@@H]1O. The predicted molar refractivity (Wildman–Crippen MR) is 451 cm³/mol. The van der Waals surface area contributed by atoms with Gasteiger partial charge in [-0.25, -0.2) is 37.8 Å². The summed E-state index contributed by atoms with van der Waals surface area (Å²) in [6, 6.07) is -1.13. The van der Waals surface area contributed by atoms with Gasteiger partial charge in [0.1, 0.15) is 79.0 Å². The van der Waals surface area contributed by atoms with Crippen molar-refractivity contribution in [1.29, 1.82) is 0 Å². The maximum absolute atomic E-state index is 13.8. The van der Waals surface area contributed by atoms with Crippen LogP contribution in [0.15, 0.2) is 12.7 Å². The molecule has 57 heteroatoms. The van der Waals surface area contributed by atoms with Crippen LogP contribution in [-0.2, 0) is 139 Å². The van der Waals surface area contributed by atoms with Gasteiger partial charge in [-0.3, -0.25) is 59.2 Å². The second-order valence-electron chi connectivity index (χ2n) is 32.3.